The normalized spacial score (nSPS) is 25.2. The largest absolute Gasteiger partial charge is 0.394 e. The first-order valence-corrected chi connectivity index (χ1v) is 5.95. The highest BCUT2D eigenvalue weighted by Crippen LogP contribution is 2.28. The first kappa shape index (κ1) is 10.7. The van der Waals surface area contributed by atoms with Gasteiger partial charge in [0.15, 0.2) is 6.23 Å². The fourth-order valence-corrected chi connectivity index (χ4v) is 2.29. The maximum absolute atomic E-state index is 9.15. The summed E-state index contributed by atoms with van der Waals surface area (Å²) in [6.45, 7) is 0.0725. The van der Waals surface area contributed by atoms with Crippen molar-refractivity contribution in [2.75, 3.05) is 6.61 Å². The molecule has 0 aliphatic carbocycles. The number of aromatic nitrogens is 3. The van der Waals surface area contributed by atoms with E-state index in [0.29, 0.717) is 0 Å². The van der Waals surface area contributed by atoms with Gasteiger partial charge in [-0.1, -0.05) is 17.3 Å². The van der Waals surface area contributed by atoms with Crippen molar-refractivity contribution in [2.24, 2.45) is 0 Å². The van der Waals surface area contributed by atoms with Crippen molar-refractivity contribution >= 4 is 11.0 Å². The molecule has 0 bridgehead atoms. The Morgan fingerprint density at radius 1 is 1.35 bits per heavy atom. The lowest BCUT2D eigenvalue weighted by Gasteiger charge is -2.28. The molecule has 0 unspecified atom stereocenters. The molecule has 2 aromatic rings. The minimum Gasteiger partial charge on any atom is -0.394 e. The van der Waals surface area contributed by atoms with Gasteiger partial charge in [-0.15, -0.1) is 5.10 Å². The molecule has 5 heteroatoms. The van der Waals surface area contributed by atoms with Crippen molar-refractivity contribution < 1.29 is 9.84 Å². The lowest BCUT2D eigenvalue weighted by Crippen LogP contribution is -2.29. The molecular formula is C12H15N3O2. The molecule has 1 saturated heterocycles. The van der Waals surface area contributed by atoms with Crippen LogP contribution in [0, 0.1) is 0 Å². The zero-order valence-corrected chi connectivity index (χ0v) is 9.49. The van der Waals surface area contributed by atoms with Crippen LogP contribution in [-0.4, -0.2) is 32.8 Å². The molecule has 1 aliphatic rings. The van der Waals surface area contributed by atoms with E-state index in [1.807, 2.05) is 28.9 Å². The van der Waals surface area contributed by atoms with Crippen LogP contribution in [0.25, 0.3) is 11.0 Å². The molecule has 17 heavy (non-hydrogen) atoms. The third kappa shape index (κ3) is 1.92. The topological polar surface area (TPSA) is 60.2 Å². The van der Waals surface area contributed by atoms with Crippen LogP contribution < -0.4 is 0 Å². The van der Waals surface area contributed by atoms with E-state index in [1.54, 1.807) is 0 Å². The number of aliphatic hydroxyl groups excluding tert-OH is 1. The Labute approximate surface area is 99.0 Å². The van der Waals surface area contributed by atoms with E-state index in [1.165, 1.54) is 0 Å². The monoisotopic (exact) mass is 233 g/mol. The Hall–Kier alpha value is -1.46. The first-order valence-electron chi connectivity index (χ1n) is 5.95. The third-order valence-electron chi connectivity index (χ3n) is 3.18. The fraction of sp³-hybridized carbons (Fsp3) is 0.500. The zero-order chi connectivity index (χ0) is 11.7. The Kier molecular flexibility index (Phi) is 2.78. The number of hydrogen-bond acceptors (Lipinski definition) is 4. The van der Waals surface area contributed by atoms with Gasteiger partial charge < -0.3 is 9.84 Å². The Morgan fingerprint density at radius 3 is 3.12 bits per heavy atom. The summed E-state index contributed by atoms with van der Waals surface area (Å²) in [5.41, 5.74) is 1.86. The van der Waals surface area contributed by atoms with Crippen LogP contribution in [-0.2, 0) is 4.74 Å². The number of benzene rings is 1. The first-order chi connectivity index (χ1) is 8.38. The van der Waals surface area contributed by atoms with E-state index in [9.17, 15) is 0 Å². The van der Waals surface area contributed by atoms with Gasteiger partial charge in [0.25, 0.3) is 0 Å². The van der Waals surface area contributed by atoms with Gasteiger partial charge in [-0.2, -0.15) is 0 Å². The molecule has 1 fully saturated rings. The second-order valence-corrected chi connectivity index (χ2v) is 4.35. The number of rotatable bonds is 2. The summed E-state index contributed by atoms with van der Waals surface area (Å²) in [6, 6.07) is 7.83. The number of hydrogen-bond donors (Lipinski definition) is 1. The summed E-state index contributed by atoms with van der Waals surface area (Å²) in [5, 5.41) is 17.4. The molecule has 3 rings (SSSR count). The van der Waals surface area contributed by atoms with E-state index < -0.39 is 0 Å². The van der Waals surface area contributed by atoms with Crippen LogP contribution in [0.1, 0.15) is 25.5 Å². The van der Waals surface area contributed by atoms with E-state index in [0.717, 1.165) is 30.3 Å². The summed E-state index contributed by atoms with van der Waals surface area (Å²) in [6.07, 6.45) is 2.71. The van der Waals surface area contributed by atoms with E-state index in [2.05, 4.69) is 10.3 Å². The van der Waals surface area contributed by atoms with Crippen LogP contribution in [0.3, 0.4) is 0 Å². The number of aliphatic hydroxyl groups is 1. The minimum absolute atomic E-state index is 0.0725. The second kappa shape index (κ2) is 4.43. The van der Waals surface area contributed by atoms with Crippen LogP contribution in [0.5, 0.6) is 0 Å². The van der Waals surface area contributed by atoms with Crippen molar-refractivity contribution in [3.63, 3.8) is 0 Å². The lowest BCUT2D eigenvalue weighted by molar-refractivity contribution is -0.110. The summed E-state index contributed by atoms with van der Waals surface area (Å²) < 4.78 is 7.62. The fourth-order valence-electron chi connectivity index (χ4n) is 2.29. The molecule has 0 radical (unpaired) electrons. The molecule has 1 aromatic heterocycles. The number of nitrogens with zero attached hydrogens (tertiary/aromatic N) is 3. The molecule has 5 nitrogen and oxygen atoms in total. The third-order valence-corrected chi connectivity index (χ3v) is 3.18. The molecule has 0 saturated carbocycles. The molecular weight excluding hydrogens is 218 g/mol. The van der Waals surface area contributed by atoms with Gasteiger partial charge in [0.05, 0.1) is 18.2 Å². The summed E-state index contributed by atoms with van der Waals surface area (Å²) in [4.78, 5) is 0. The lowest BCUT2D eigenvalue weighted by atomic mass is 10.1. The molecule has 2 atom stereocenters. The van der Waals surface area contributed by atoms with Gasteiger partial charge in [0, 0.05) is 0 Å². The van der Waals surface area contributed by atoms with Crippen LogP contribution in [0.15, 0.2) is 24.3 Å². The van der Waals surface area contributed by atoms with Crippen molar-refractivity contribution in [3.05, 3.63) is 24.3 Å². The van der Waals surface area contributed by atoms with E-state index >= 15 is 0 Å². The summed E-state index contributed by atoms with van der Waals surface area (Å²) in [5.74, 6) is 0. The average Bonchev–Trinajstić information content (AvgIpc) is 2.82. The molecule has 1 aromatic carbocycles. The highest BCUT2D eigenvalue weighted by molar-refractivity contribution is 5.73. The molecule has 1 N–H and O–H groups in total. The minimum atomic E-state index is -0.103. The van der Waals surface area contributed by atoms with Crippen molar-refractivity contribution in [2.45, 2.75) is 31.6 Å². The molecule has 1 aliphatic heterocycles. The average molecular weight is 233 g/mol. The Balaban J connectivity index is 1.92. The number of ether oxygens (including phenoxy) is 1. The maximum atomic E-state index is 9.15. The predicted octanol–water partition coefficient (Wildman–Crippen LogP) is 1.49. The van der Waals surface area contributed by atoms with Gasteiger partial charge in [-0.05, 0) is 31.4 Å². The highest BCUT2D eigenvalue weighted by Gasteiger charge is 2.24. The molecule has 0 spiro atoms. The van der Waals surface area contributed by atoms with E-state index in [4.69, 9.17) is 9.84 Å². The van der Waals surface area contributed by atoms with Crippen LogP contribution in [0.4, 0.5) is 0 Å². The summed E-state index contributed by atoms with van der Waals surface area (Å²) >= 11 is 0. The smallest absolute Gasteiger partial charge is 0.153 e. The number of fused-ring (bicyclic) bond motifs is 1. The van der Waals surface area contributed by atoms with Gasteiger partial charge in [0.1, 0.15) is 5.52 Å². The van der Waals surface area contributed by atoms with Gasteiger partial charge >= 0.3 is 0 Å². The van der Waals surface area contributed by atoms with Crippen molar-refractivity contribution in [3.8, 4) is 0 Å². The quantitative estimate of drug-likeness (QED) is 0.853. The van der Waals surface area contributed by atoms with Crippen molar-refractivity contribution in [1.29, 1.82) is 0 Å². The van der Waals surface area contributed by atoms with E-state index in [-0.39, 0.29) is 18.9 Å². The van der Waals surface area contributed by atoms with Gasteiger partial charge in [0.2, 0.25) is 0 Å². The SMILES string of the molecule is OC[C@H]1CCC[C@@H](n2nnc3ccccc32)O1. The number of para-hydroxylation sites is 1. The van der Waals surface area contributed by atoms with Crippen LogP contribution in [0.2, 0.25) is 0 Å². The highest BCUT2D eigenvalue weighted by atomic mass is 16.5. The van der Waals surface area contributed by atoms with Crippen molar-refractivity contribution in [1.82, 2.24) is 15.0 Å². The van der Waals surface area contributed by atoms with Gasteiger partial charge in [-0.3, -0.25) is 0 Å². The standard InChI is InChI=1S/C12H15N3O2/c16-8-9-4-3-7-12(17-9)15-11-6-2-1-5-10(11)13-14-15/h1-2,5-6,9,12,16H,3-4,7-8H2/t9-,12+/m1/s1. The molecule has 2 heterocycles. The zero-order valence-electron chi connectivity index (χ0n) is 9.49. The Bertz CT molecular complexity index is 511. The van der Waals surface area contributed by atoms with Gasteiger partial charge in [-0.25, -0.2) is 4.68 Å². The van der Waals surface area contributed by atoms with Crippen LogP contribution >= 0.6 is 0 Å². The second-order valence-electron chi connectivity index (χ2n) is 4.35. The maximum Gasteiger partial charge on any atom is 0.153 e. The predicted molar refractivity (Wildman–Crippen MR) is 62.4 cm³/mol. The summed E-state index contributed by atoms with van der Waals surface area (Å²) in [7, 11) is 0. The Morgan fingerprint density at radius 2 is 2.24 bits per heavy atom. The molecule has 0 amide bonds. The molecule has 90 valence electrons.